The standard InChI is InChI=1S/C18H20N4O4/c1-12-10-16(20-26-12)25-11-17(23)21-8-6-13(7-9-21)22-15-5-3-2-4-14(15)19-18(22)24/h2-5,10,13H,6-9,11H2,1H3,(H,19,24). The smallest absolute Gasteiger partial charge is 0.326 e. The summed E-state index contributed by atoms with van der Waals surface area (Å²) >= 11 is 0. The summed E-state index contributed by atoms with van der Waals surface area (Å²) < 4.78 is 12.1. The number of aromatic amines is 1. The number of carbonyl (C=O) groups is 1. The lowest BCUT2D eigenvalue weighted by Crippen LogP contribution is -2.42. The van der Waals surface area contributed by atoms with Crippen molar-refractivity contribution >= 4 is 16.9 Å². The zero-order valence-electron chi connectivity index (χ0n) is 14.5. The number of nitrogens with one attached hydrogen (secondary N) is 1. The Hall–Kier alpha value is -3.03. The van der Waals surface area contributed by atoms with Gasteiger partial charge in [0.05, 0.1) is 11.0 Å². The van der Waals surface area contributed by atoms with Gasteiger partial charge < -0.3 is 19.1 Å². The molecule has 1 saturated heterocycles. The van der Waals surface area contributed by atoms with E-state index in [-0.39, 0.29) is 24.2 Å². The quantitative estimate of drug-likeness (QED) is 0.770. The van der Waals surface area contributed by atoms with Crippen molar-refractivity contribution in [2.75, 3.05) is 19.7 Å². The fourth-order valence-corrected chi connectivity index (χ4v) is 3.45. The molecule has 0 radical (unpaired) electrons. The number of carbonyl (C=O) groups excluding carboxylic acids is 1. The van der Waals surface area contributed by atoms with Gasteiger partial charge in [0.25, 0.3) is 11.8 Å². The Labute approximate surface area is 149 Å². The summed E-state index contributed by atoms with van der Waals surface area (Å²) in [6.45, 7) is 2.89. The normalized spacial score (nSPS) is 15.5. The Morgan fingerprint density at radius 1 is 1.35 bits per heavy atom. The number of para-hydroxylation sites is 2. The number of aryl methyl sites for hydroxylation is 1. The number of fused-ring (bicyclic) bond motifs is 1. The van der Waals surface area contributed by atoms with Gasteiger partial charge in [0.15, 0.2) is 6.61 Å². The Morgan fingerprint density at radius 3 is 2.85 bits per heavy atom. The van der Waals surface area contributed by atoms with Gasteiger partial charge in [-0.1, -0.05) is 12.1 Å². The van der Waals surface area contributed by atoms with Crippen molar-refractivity contribution in [1.82, 2.24) is 19.6 Å². The minimum Gasteiger partial charge on any atom is -0.465 e. The van der Waals surface area contributed by atoms with Gasteiger partial charge in [0.2, 0.25) is 0 Å². The van der Waals surface area contributed by atoms with E-state index in [1.54, 1.807) is 17.9 Å². The number of H-pyrrole nitrogens is 1. The number of benzene rings is 1. The van der Waals surface area contributed by atoms with E-state index in [1.165, 1.54) is 0 Å². The van der Waals surface area contributed by atoms with Crippen molar-refractivity contribution in [3.05, 3.63) is 46.6 Å². The molecule has 4 rings (SSSR count). The average Bonchev–Trinajstić information content (AvgIpc) is 3.22. The van der Waals surface area contributed by atoms with E-state index in [1.807, 2.05) is 28.8 Å². The zero-order chi connectivity index (χ0) is 18.1. The second kappa shape index (κ2) is 6.70. The van der Waals surface area contributed by atoms with Crippen LogP contribution in [0, 0.1) is 6.92 Å². The molecule has 136 valence electrons. The molecule has 3 heterocycles. The highest BCUT2D eigenvalue weighted by molar-refractivity contribution is 5.78. The predicted molar refractivity (Wildman–Crippen MR) is 94.1 cm³/mol. The van der Waals surface area contributed by atoms with Gasteiger partial charge in [-0.3, -0.25) is 9.36 Å². The molecule has 0 aliphatic carbocycles. The summed E-state index contributed by atoms with van der Waals surface area (Å²) in [5, 5.41) is 3.71. The highest BCUT2D eigenvalue weighted by Crippen LogP contribution is 2.25. The maximum atomic E-state index is 12.3. The number of hydrogen-bond donors (Lipinski definition) is 1. The minimum absolute atomic E-state index is 0.0658. The average molecular weight is 356 g/mol. The lowest BCUT2D eigenvalue weighted by molar-refractivity contribution is -0.134. The Bertz CT molecular complexity index is 978. The molecule has 0 atom stereocenters. The summed E-state index contributed by atoms with van der Waals surface area (Å²) in [5.41, 5.74) is 1.65. The molecule has 1 fully saturated rings. The van der Waals surface area contributed by atoms with Crippen LogP contribution in [0.5, 0.6) is 5.88 Å². The molecule has 8 nitrogen and oxygen atoms in total. The number of hydrogen-bond acceptors (Lipinski definition) is 5. The van der Waals surface area contributed by atoms with Crippen LogP contribution in [-0.4, -0.2) is 45.2 Å². The topological polar surface area (TPSA) is 93.4 Å². The van der Waals surface area contributed by atoms with Gasteiger partial charge in [0, 0.05) is 25.2 Å². The van der Waals surface area contributed by atoms with E-state index >= 15 is 0 Å². The number of likely N-dealkylation sites (tertiary alicyclic amines) is 1. The first-order chi connectivity index (χ1) is 12.6. The third-order valence-electron chi connectivity index (χ3n) is 4.76. The van der Waals surface area contributed by atoms with Crippen LogP contribution in [0.2, 0.25) is 0 Å². The van der Waals surface area contributed by atoms with Crippen LogP contribution in [0.3, 0.4) is 0 Å². The van der Waals surface area contributed by atoms with Gasteiger partial charge in [0.1, 0.15) is 5.76 Å². The van der Waals surface area contributed by atoms with Gasteiger partial charge >= 0.3 is 5.69 Å². The minimum atomic E-state index is -0.0966. The SMILES string of the molecule is Cc1cc(OCC(=O)N2CCC(n3c(=O)[nH]c4ccccc43)CC2)no1. The van der Waals surface area contributed by atoms with Crippen molar-refractivity contribution in [1.29, 1.82) is 0 Å². The van der Waals surface area contributed by atoms with Crippen LogP contribution in [-0.2, 0) is 4.79 Å². The summed E-state index contributed by atoms with van der Waals surface area (Å²) in [6.07, 6.45) is 1.47. The van der Waals surface area contributed by atoms with Crippen LogP contribution < -0.4 is 10.4 Å². The van der Waals surface area contributed by atoms with Gasteiger partial charge in [-0.15, -0.1) is 0 Å². The zero-order valence-corrected chi connectivity index (χ0v) is 14.5. The molecule has 1 N–H and O–H groups in total. The maximum absolute atomic E-state index is 12.3. The van der Waals surface area contributed by atoms with Crippen molar-refractivity contribution in [3.8, 4) is 5.88 Å². The number of rotatable bonds is 4. The third-order valence-corrected chi connectivity index (χ3v) is 4.76. The molecule has 0 unspecified atom stereocenters. The number of amides is 1. The van der Waals surface area contributed by atoms with Crippen molar-refractivity contribution < 1.29 is 14.1 Å². The third kappa shape index (κ3) is 3.10. The molecule has 3 aromatic rings. The second-order valence-electron chi connectivity index (χ2n) is 6.49. The summed E-state index contributed by atoms with van der Waals surface area (Å²) in [7, 11) is 0. The Morgan fingerprint density at radius 2 is 2.12 bits per heavy atom. The van der Waals surface area contributed by atoms with E-state index in [2.05, 4.69) is 10.1 Å². The van der Waals surface area contributed by atoms with Gasteiger partial charge in [-0.05, 0) is 37.1 Å². The van der Waals surface area contributed by atoms with Gasteiger partial charge in [-0.25, -0.2) is 4.79 Å². The molecule has 0 spiro atoms. The summed E-state index contributed by atoms with van der Waals surface area (Å²) in [6, 6.07) is 9.39. The first-order valence-corrected chi connectivity index (χ1v) is 8.65. The predicted octanol–water partition coefficient (Wildman–Crippen LogP) is 1.87. The van der Waals surface area contributed by atoms with Crippen LogP contribution in [0.1, 0.15) is 24.6 Å². The first-order valence-electron chi connectivity index (χ1n) is 8.65. The van der Waals surface area contributed by atoms with Crippen LogP contribution >= 0.6 is 0 Å². The van der Waals surface area contributed by atoms with E-state index in [0.717, 1.165) is 23.9 Å². The van der Waals surface area contributed by atoms with E-state index < -0.39 is 0 Å². The Kier molecular flexibility index (Phi) is 4.24. The Balaban J connectivity index is 1.38. The number of imidazole rings is 1. The number of nitrogens with zero attached hydrogens (tertiary/aromatic N) is 3. The van der Waals surface area contributed by atoms with E-state index in [4.69, 9.17) is 9.26 Å². The lowest BCUT2D eigenvalue weighted by atomic mass is 10.0. The number of aromatic nitrogens is 3. The molecule has 0 saturated carbocycles. The van der Waals surface area contributed by atoms with Crippen molar-refractivity contribution in [2.45, 2.75) is 25.8 Å². The first kappa shape index (κ1) is 16.4. The number of ether oxygens (including phenoxy) is 1. The highest BCUT2D eigenvalue weighted by Gasteiger charge is 2.26. The van der Waals surface area contributed by atoms with E-state index in [0.29, 0.717) is 24.7 Å². The maximum Gasteiger partial charge on any atom is 0.326 e. The second-order valence-corrected chi connectivity index (χ2v) is 6.49. The molecule has 1 aliphatic heterocycles. The molecule has 26 heavy (non-hydrogen) atoms. The molecule has 2 aromatic heterocycles. The highest BCUT2D eigenvalue weighted by atomic mass is 16.5. The fraction of sp³-hybridized carbons (Fsp3) is 0.389. The summed E-state index contributed by atoms with van der Waals surface area (Å²) in [4.78, 5) is 29.3. The lowest BCUT2D eigenvalue weighted by Gasteiger charge is -2.32. The van der Waals surface area contributed by atoms with Crippen LogP contribution in [0.4, 0.5) is 0 Å². The van der Waals surface area contributed by atoms with Crippen LogP contribution in [0.25, 0.3) is 11.0 Å². The number of piperidine rings is 1. The molecule has 8 heteroatoms. The van der Waals surface area contributed by atoms with Crippen molar-refractivity contribution in [2.24, 2.45) is 0 Å². The molecular formula is C18H20N4O4. The van der Waals surface area contributed by atoms with Crippen LogP contribution in [0.15, 0.2) is 39.6 Å². The molecule has 1 amide bonds. The molecule has 1 aromatic carbocycles. The fourth-order valence-electron chi connectivity index (χ4n) is 3.45. The van der Waals surface area contributed by atoms with E-state index in [9.17, 15) is 9.59 Å². The molecule has 1 aliphatic rings. The molecular weight excluding hydrogens is 336 g/mol. The largest absolute Gasteiger partial charge is 0.465 e. The molecule has 0 bridgehead atoms. The monoisotopic (exact) mass is 356 g/mol. The summed E-state index contributed by atoms with van der Waals surface area (Å²) in [5.74, 6) is 0.865. The van der Waals surface area contributed by atoms with Crippen molar-refractivity contribution in [3.63, 3.8) is 0 Å². The van der Waals surface area contributed by atoms with Gasteiger partial charge in [-0.2, -0.15) is 0 Å².